The summed E-state index contributed by atoms with van der Waals surface area (Å²) in [6.45, 7) is 0. The zero-order valence-corrected chi connectivity index (χ0v) is 13.4. The molecule has 4 rings (SSSR count). The van der Waals surface area contributed by atoms with Crippen LogP contribution in [0.25, 0.3) is 33.1 Å². The van der Waals surface area contributed by atoms with Crippen molar-refractivity contribution in [2.45, 2.75) is 0 Å². The van der Waals surface area contributed by atoms with Crippen LogP contribution in [0, 0.1) is 4.64 Å². The average molecular weight is 326 g/mol. The van der Waals surface area contributed by atoms with Crippen LogP contribution in [0.2, 0.25) is 5.02 Å². The predicted molar refractivity (Wildman–Crippen MR) is 93.9 cm³/mol. The van der Waals surface area contributed by atoms with E-state index in [1.54, 1.807) is 6.20 Å². The molecule has 0 aliphatic carbocycles. The van der Waals surface area contributed by atoms with Crippen LogP contribution in [-0.4, -0.2) is 14.5 Å². The van der Waals surface area contributed by atoms with Crippen molar-refractivity contribution < 1.29 is 0 Å². The van der Waals surface area contributed by atoms with Crippen molar-refractivity contribution in [3.63, 3.8) is 0 Å². The number of nitrogens with zero attached hydrogens (tertiary/aromatic N) is 2. The zero-order valence-electron chi connectivity index (χ0n) is 11.8. The van der Waals surface area contributed by atoms with Gasteiger partial charge in [0.2, 0.25) is 0 Å². The fourth-order valence-corrected chi connectivity index (χ4v) is 3.13. The number of rotatable bonds is 1. The molecule has 2 aromatic heterocycles. The van der Waals surface area contributed by atoms with Gasteiger partial charge in [0.1, 0.15) is 4.64 Å². The summed E-state index contributed by atoms with van der Waals surface area (Å²) in [5.41, 5.74) is 4.98. The van der Waals surface area contributed by atoms with E-state index in [0.29, 0.717) is 9.66 Å². The molecule has 0 fully saturated rings. The second kappa shape index (κ2) is 4.93. The van der Waals surface area contributed by atoms with Crippen LogP contribution in [0.3, 0.4) is 0 Å². The fourth-order valence-electron chi connectivity index (χ4n) is 2.77. The van der Waals surface area contributed by atoms with Crippen molar-refractivity contribution >= 4 is 45.8 Å². The smallest absolute Gasteiger partial charge is 0.122 e. The highest BCUT2D eigenvalue weighted by Gasteiger charge is 2.09. The van der Waals surface area contributed by atoms with Crippen LogP contribution in [0.15, 0.2) is 48.8 Å². The minimum atomic E-state index is 0.607. The van der Waals surface area contributed by atoms with Crippen molar-refractivity contribution in [3.8, 4) is 11.1 Å². The van der Waals surface area contributed by atoms with E-state index in [0.717, 1.165) is 22.2 Å². The maximum absolute atomic E-state index is 6.26. The van der Waals surface area contributed by atoms with Gasteiger partial charge in [-0.2, -0.15) is 0 Å². The Morgan fingerprint density at radius 1 is 1.18 bits per heavy atom. The predicted octanol–water partition coefficient (Wildman–Crippen LogP) is 5.10. The summed E-state index contributed by atoms with van der Waals surface area (Å²) in [7, 11) is 2.04. The molecule has 2 heterocycles. The van der Waals surface area contributed by atoms with E-state index in [4.69, 9.17) is 23.8 Å². The Morgan fingerprint density at radius 2 is 2.05 bits per heavy atom. The van der Waals surface area contributed by atoms with Crippen molar-refractivity contribution in [1.82, 2.24) is 14.5 Å². The molecule has 4 aromatic rings. The maximum Gasteiger partial charge on any atom is 0.122 e. The number of nitrogens with one attached hydrogen (secondary N) is 1. The summed E-state index contributed by atoms with van der Waals surface area (Å²) in [6.07, 6.45) is 3.69. The van der Waals surface area contributed by atoms with Crippen LogP contribution in [0.4, 0.5) is 0 Å². The third kappa shape index (κ3) is 2.12. The number of hydrogen-bond acceptors (Lipinski definition) is 2. The van der Waals surface area contributed by atoms with Gasteiger partial charge in [-0.15, -0.1) is 0 Å². The Morgan fingerprint density at radius 3 is 2.91 bits per heavy atom. The lowest BCUT2D eigenvalue weighted by molar-refractivity contribution is 0.969. The molecule has 0 amide bonds. The highest BCUT2D eigenvalue weighted by Crippen LogP contribution is 2.32. The molecule has 0 saturated carbocycles. The summed E-state index contributed by atoms with van der Waals surface area (Å²) >= 11 is 11.5. The number of halogens is 1. The Hall–Kier alpha value is -2.17. The van der Waals surface area contributed by atoms with Gasteiger partial charge in [-0.1, -0.05) is 36.0 Å². The molecule has 22 heavy (non-hydrogen) atoms. The minimum Gasteiger partial charge on any atom is -0.351 e. The Labute approximate surface area is 137 Å². The summed E-state index contributed by atoms with van der Waals surface area (Å²) < 4.78 is 2.71. The van der Waals surface area contributed by atoms with E-state index in [9.17, 15) is 0 Å². The van der Waals surface area contributed by atoms with E-state index in [2.05, 4.69) is 45.0 Å². The van der Waals surface area contributed by atoms with Gasteiger partial charge in [0.05, 0.1) is 17.2 Å². The topological polar surface area (TPSA) is 33.6 Å². The van der Waals surface area contributed by atoms with E-state index in [-0.39, 0.29) is 0 Å². The molecule has 0 unspecified atom stereocenters. The van der Waals surface area contributed by atoms with Crippen LogP contribution in [0.5, 0.6) is 0 Å². The number of hydrogen-bond donors (Lipinski definition) is 1. The molecule has 0 saturated heterocycles. The molecular formula is C17H12ClN3S. The first kappa shape index (κ1) is 13.5. The van der Waals surface area contributed by atoms with Gasteiger partial charge < -0.3 is 9.55 Å². The molecule has 1 N–H and O–H groups in total. The SMILES string of the molecule is Cn1ccc2ccc(-c3cc(Cl)cc4ncc(=S)[nH]c34)cc21. The summed E-state index contributed by atoms with van der Waals surface area (Å²) in [5, 5.41) is 1.87. The molecule has 108 valence electrons. The third-order valence-corrected chi connectivity index (χ3v) is 4.28. The lowest BCUT2D eigenvalue weighted by Gasteiger charge is -2.08. The molecular weight excluding hydrogens is 314 g/mol. The van der Waals surface area contributed by atoms with E-state index in [1.807, 2.05) is 19.2 Å². The molecule has 0 bridgehead atoms. The first-order chi connectivity index (χ1) is 10.6. The third-order valence-electron chi connectivity index (χ3n) is 3.85. The lowest BCUT2D eigenvalue weighted by Crippen LogP contribution is -1.90. The number of aryl methyl sites for hydroxylation is 1. The highest BCUT2D eigenvalue weighted by molar-refractivity contribution is 7.71. The molecule has 0 radical (unpaired) electrons. The van der Waals surface area contributed by atoms with Crippen molar-refractivity contribution in [1.29, 1.82) is 0 Å². The molecule has 3 nitrogen and oxygen atoms in total. The lowest BCUT2D eigenvalue weighted by atomic mass is 10.0. The van der Waals surface area contributed by atoms with Crippen LogP contribution in [-0.2, 0) is 7.05 Å². The highest BCUT2D eigenvalue weighted by atomic mass is 35.5. The van der Waals surface area contributed by atoms with Gasteiger partial charge in [-0.25, -0.2) is 0 Å². The number of H-pyrrole nitrogens is 1. The van der Waals surface area contributed by atoms with Gasteiger partial charge in [0.25, 0.3) is 0 Å². The first-order valence-corrected chi connectivity index (χ1v) is 7.64. The van der Waals surface area contributed by atoms with E-state index in [1.165, 1.54) is 10.9 Å². The second-order valence-corrected chi connectivity index (χ2v) is 6.17. The van der Waals surface area contributed by atoms with Crippen LogP contribution < -0.4 is 0 Å². The minimum absolute atomic E-state index is 0.607. The first-order valence-electron chi connectivity index (χ1n) is 6.86. The van der Waals surface area contributed by atoms with Crippen LogP contribution >= 0.6 is 23.8 Å². The molecule has 0 spiro atoms. The van der Waals surface area contributed by atoms with E-state index >= 15 is 0 Å². The Balaban J connectivity index is 2.08. The summed E-state index contributed by atoms with van der Waals surface area (Å²) in [5.74, 6) is 0. The monoisotopic (exact) mass is 325 g/mol. The van der Waals surface area contributed by atoms with Gasteiger partial charge in [-0.05, 0) is 35.2 Å². The number of aromatic nitrogens is 3. The zero-order chi connectivity index (χ0) is 15.3. The quantitative estimate of drug-likeness (QED) is 0.494. The van der Waals surface area contributed by atoms with Gasteiger partial charge >= 0.3 is 0 Å². The Bertz CT molecular complexity index is 1080. The van der Waals surface area contributed by atoms with Crippen molar-refractivity contribution in [2.75, 3.05) is 0 Å². The molecule has 2 aromatic carbocycles. The molecule has 0 aliphatic rings. The maximum atomic E-state index is 6.26. The summed E-state index contributed by atoms with van der Waals surface area (Å²) in [4.78, 5) is 7.60. The van der Waals surface area contributed by atoms with Crippen molar-refractivity contribution in [2.24, 2.45) is 7.05 Å². The molecule has 0 aliphatic heterocycles. The largest absolute Gasteiger partial charge is 0.351 e. The second-order valence-electron chi connectivity index (χ2n) is 5.30. The standard InChI is InChI=1S/C17H12ClN3S/c1-21-5-4-10-2-3-11(6-15(10)21)13-7-12(18)8-14-17(13)20-16(22)9-19-14/h2-9H,1H3,(H,20,22). The number of benzene rings is 2. The van der Waals surface area contributed by atoms with Gasteiger partial charge in [0.15, 0.2) is 0 Å². The molecule has 5 heteroatoms. The fraction of sp³-hybridized carbons (Fsp3) is 0.0588. The van der Waals surface area contributed by atoms with E-state index < -0.39 is 0 Å². The number of aromatic amines is 1. The number of fused-ring (bicyclic) bond motifs is 2. The van der Waals surface area contributed by atoms with Gasteiger partial charge in [-0.3, -0.25) is 4.98 Å². The molecule has 0 atom stereocenters. The average Bonchev–Trinajstić information content (AvgIpc) is 2.88. The van der Waals surface area contributed by atoms with Gasteiger partial charge in [0, 0.05) is 29.3 Å². The normalized spacial score (nSPS) is 11.4. The van der Waals surface area contributed by atoms with Crippen LogP contribution in [0.1, 0.15) is 0 Å². The Kier molecular flexibility index (Phi) is 3.03. The van der Waals surface area contributed by atoms with Crippen molar-refractivity contribution in [3.05, 3.63) is 58.5 Å². The summed E-state index contributed by atoms with van der Waals surface area (Å²) in [6, 6.07) is 12.3.